The second-order valence-corrected chi connectivity index (χ2v) is 7.12. The van der Waals surface area contributed by atoms with Crippen molar-refractivity contribution in [3.8, 4) is 11.5 Å². The van der Waals surface area contributed by atoms with Gasteiger partial charge in [-0.3, -0.25) is 0 Å². The summed E-state index contributed by atoms with van der Waals surface area (Å²) in [5.74, 6) is 0.375. The van der Waals surface area contributed by atoms with E-state index in [0.717, 1.165) is 11.3 Å². The average Bonchev–Trinajstić information content (AvgIpc) is 2.83. The van der Waals surface area contributed by atoms with E-state index in [1.54, 1.807) is 60.7 Å². The lowest BCUT2D eigenvalue weighted by Gasteiger charge is -2.00. The van der Waals surface area contributed by atoms with E-state index in [1.807, 2.05) is 37.3 Å². The standard InChI is InChI=1S/C25H20N6O2/c1-17-16-22(30-28-21-8-13-24(33)14-9-21)10-15-25(17)31-29-19-4-2-18(3-5-19)26-27-20-6-11-23(32)12-7-20/h2-16,32-33H,1H3/b27-26+,30-28+,31-29+. The minimum atomic E-state index is 0.187. The quantitative estimate of drug-likeness (QED) is 0.294. The Balaban J connectivity index is 1.40. The number of phenolic OH excluding ortho intramolecular Hbond substituents is 2. The van der Waals surface area contributed by atoms with Gasteiger partial charge in [-0.05, 0) is 103 Å². The lowest BCUT2D eigenvalue weighted by Crippen LogP contribution is -1.74. The van der Waals surface area contributed by atoms with Crippen molar-refractivity contribution in [2.75, 3.05) is 0 Å². The fraction of sp³-hybridized carbons (Fsp3) is 0.0400. The zero-order valence-electron chi connectivity index (χ0n) is 17.7. The maximum absolute atomic E-state index is 9.32. The first kappa shape index (κ1) is 21.5. The van der Waals surface area contributed by atoms with Crippen molar-refractivity contribution >= 4 is 34.1 Å². The number of nitrogens with zero attached hydrogens (tertiary/aromatic N) is 6. The molecule has 0 aromatic heterocycles. The van der Waals surface area contributed by atoms with Crippen LogP contribution in [0.5, 0.6) is 11.5 Å². The van der Waals surface area contributed by atoms with E-state index in [2.05, 4.69) is 30.7 Å². The highest BCUT2D eigenvalue weighted by Gasteiger charge is 2.00. The second kappa shape index (κ2) is 10.1. The molecular weight excluding hydrogens is 416 g/mol. The molecule has 0 unspecified atom stereocenters. The van der Waals surface area contributed by atoms with Gasteiger partial charge in [0.05, 0.1) is 34.1 Å². The first-order valence-electron chi connectivity index (χ1n) is 10.1. The molecule has 162 valence electrons. The summed E-state index contributed by atoms with van der Waals surface area (Å²) in [5, 5.41) is 43.9. The monoisotopic (exact) mass is 436 g/mol. The molecule has 4 rings (SSSR count). The topological polar surface area (TPSA) is 115 Å². The molecule has 0 fully saturated rings. The molecule has 0 heterocycles. The summed E-state index contributed by atoms with van der Waals surface area (Å²) in [6, 6.07) is 25.8. The lowest BCUT2D eigenvalue weighted by molar-refractivity contribution is 0.475. The first-order chi connectivity index (χ1) is 16.0. The van der Waals surface area contributed by atoms with Crippen LogP contribution in [0.15, 0.2) is 122 Å². The van der Waals surface area contributed by atoms with Crippen LogP contribution in [0.3, 0.4) is 0 Å². The third kappa shape index (κ3) is 6.14. The van der Waals surface area contributed by atoms with Crippen molar-refractivity contribution in [1.29, 1.82) is 0 Å². The van der Waals surface area contributed by atoms with Crippen LogP contribution in [0, 0.1) is 6.92 Å². The van der Waals surface area contributed by atoms with Gasteiger partial charge >= 0.3 is 0 Å². The van der Waals surface area contributed by atoms with Gasteiger partial charge in [0, 0.05) is 0 Å². The van der Waals surface area contributed by atoms with Gasteiger partial charge in [-0.1, -0.05) is 0 Å². The Kier molecular flexibility index (Phi) is 6.56. The summed E-state index contributed by atoms with van der Waals surface area (Å²) in [7, 11) is 0. The van der Waals surface area contributed by atoms with Crippen LogP contribution in [0.2, 0.25) is 0 Å². The summed E-state index contributed by atoms with van der Waals surface area (Å²) in [6.07, 6.45) is 0. The number of aromatic hydroxyl groups is 2. The van der Waals surface area contributed by atoms with Gasteiger partial charge in [-0.25, -0.2) is 0 Å². The zero-order chi connectivity index (χ0) is 23.0. The van der Waals surface area contributed by atoms with E-state index < -0.39 is 0 Å². The summed E-state index contributed by atoms with van der Waals surface area (Å²) < 4.78 is 0. The number of benzene rings is 4. The second-order valence-electron chi connectivity index (χ2n) is 7.12. The Morgan fingerprint density at radius 2 is 0.758 bits per heavy atom. The first-order valence-corrected chi connectivity index (χ1v) is 10.1. The van der Waals surface area contributed by atoms with Gasteiger partial charge < -0.3 is 10.2 Å². The van der Waals surface area contributed by atoms with Crippen LogP contribution < -0.4 is 0 Å². The number of rotatable bonds is 6. The molecule has 0 aliphatic heterocycles. The molecule has 4 aromatic carbocycles. The maximum atomic E-state index is 9.32. The molecule has 8 nitrogen and oxygen atoms in total. The Labute approximate surface area is 190 Å². The van der Waals surface area contributed by atoms with E-state index in [-0.39, 0.29) is 11.5 Å². The van der Waals surface area contributed by atoms with Gasteiger partial charge in [0.25, 0.3) is 0 Å². The van der Waals surface area contributed by atoms with Crippen molar-refractivity contribution in [3.05, 3.63) is 96.6 Å². The molecule has 2 N–H and O–H groups in total. The van der Waals surface area contributed by atoms with Crippen LogP contribution in [0.25, 0.3) is 0 Å². The van der Waals surface area contributed by atoms with Crippen LogP contribution in [0.1, 0.15) is 5.56 Å². The Morgan fingerprint density at radius 1 is 0.424 bits per heavy atom. The van der Waals surface area contributed by atoms with E-state index in [0.29, 0.717) is 28.4 Å². The predicted molar refractivity (Wildman–Crippen MR) is 126 cm³/mol. The SMILES string of the molecule is Cc1cc(/N=N/c2ccc(O)cc2)ccc1/N=N/c1ccc(/N=N/c2ccc(O)cc2)cc1. The predicted octanol–water partition coefficient (Wildman–Crippen LogP) is 8.65. The number of aryl methyl sites for hydroxylation is 1. The van der Waals surface area contributed by atoms with Gasteiger partial charge in [-0.15, -0.1) is 0 Å². The summed E-state index contributed by atoms with van der Waals surface area (Å²) in [5.41, 5.74) is 5.02. The molecule has 0 spiro atoms. The Morgan fingerprint density at radius 3 is 1.18 bits per heavy atom. The number of phenols is 2. The summed E-state index contributed by atoms with van der Waals surface area (Å²) >= 11 is 0. The van der Waals surface area contributed by atoms with Crippen LogP contribution in [0.4, 0.5) is 34.1 Å². The molecule has 33 heavy (non-hydrogen) atoms. The van der Waals surface area contributed by atoms with E-state index in [4.69, 9.17) is 0 Å². The van der Waals surface area contributed by atoms with Gasteiger partial charge in [0.2, 0.25) is 0 Å². The van der Waals surface area contributed by atoms with Gasteiger partial charge in [0.15, 0.2) is 0 Å². The number of hydrogen-bond acceptors (Lipinski definition) is 8. The van der Waals surface area contributed by atoms with Crippen LogP contribution in [-0.2, 0) is 0 Å². The van der Waals surface area contributed by atoms with E-state index in [9.17, 15) is 10.2 Å². The zero-order valence-corrected chi connectivity index (χ0v) is 17.7. The lowest BCUT2D eigenvalue weighted by atomic mass is 10.2. The molecule has 8 heteroatoms. The number of azo groups is 3. The third-order valence-electron chi connectivity index (χ3n) is 4.56. The van der Waals surface area contributed by atoms with Crippen molar-refractivity contribution in [3.63, 3.8) is 0 Å². The fourth-order valence-electron chi connectivity index (χ4n) is 2.78. The smallest absolute Gasteiger partial charge is 0.115 e. The van der Waals surface area contributed by atoms with Crippen LogP contribution >= 0.6 is 0 Å². The Bertz CT molecular complexity index is 1310. The van der Waals surface area contributed by atoms with Crippen LogP contribution in [-0.4, -0.2) is 10.2 Å². The van der Waals surface area contributed by atoms with E-state index in [1.165, 1.54) is 0 Å². The molecule has 0 amide bonds. The molecule has 0 saturated carbocycles. The molecule has 0 bridgehead atoms. The molecule has 4 aromatic rings. The van der Waals surface area contributed by atoms with Gasteiger partial charge in [0.1, 0.15) is 11.5 Å². The average molecular weight is 436 g/mol. The molecule has 0 radical (unpaired) electrons. The molecule has 0 saturated heterocycles. The molecular formula is C25H20N6O2. The molecule has 0 aliphatic rings. The Hall–Kier alpha value is -4.72. The highest BCUT2D eigenvalue weighted by molar-refractivity contribution is 5.54. The van der Waals surface area contributed by atoms with Crippen molar-refractivity contribution in [1.82, 2.24) is 0 Å². The normalized spacial score (nSPS) is 11.7. The van der Waals surface area contributed by atoms with Crippen molar-refractivity contribution < 1.29 is 10.2 Å². The maximum Gasteiger partial charge on any atom is 0.115 e. The highest BCUT2D eigenvalue weighted by Crippen LogP contribution is 2.28. The minimum Gasteiger partial charge on any atom is -0.508 e. The molecule has 0 atom stereocenters. The van der Waals surface area contributed by atoms with E-state index >= 15 is 0 Å². The third-order valence-corrected chi connectivity index (χ3v) is 4.56. The minimum absolute atomic E-state index is 0.187. The number of hydrogen-bond donors (Lipinski definition) is 2. The van der Waals surface area contributed by atoms with Crippen molar-refractivity contribution in [2.24, 2.45) is 30.7 Å². The molecule has 0 aliphatic carbocycles. The highest BCUT2D eigenvalue weighted by atomic mass is 16.3. The summed E-state index contributed by atoms with van der Waals surface area (Å²) in [4.78, 5) is 0. The van der Waals surface area contributed by atoms with Gasteiger partial charge in [-0.2, -0.15) is 30.7 Å². The fourth-order valence-corrected chi connectivity index (χ4v) is 2.78. The summed E-state index contributed by atoms with van der Waals surface area (Å²) in [6.45, 7) is 1.93. The van der Waals surface area contributed by atoms with Crippen molar-refractivity contribution in [2.45, 2.75) is 6.92 Å². The largest absolute Gasteiger partial charge is 0.508 e.